The Morgan fingerprint density at radius 3 is 2.43 bits per heavy atom. The van der Waals surface area contributed by atoms with E-state index in [2.05, 4.69) is 5.10 Å². The molecule has 114 valence electrons. The van der Waals surface area contributed by atoms with Crippen LogP contribution in [0, 0.1) is 0 Å². The lowest BCUT2D eigenvalue weighted by molar-refractivity contribution is -0.122. The Morgan fingerprint density at radius 2 is 1.74 bits per heavy atom. The quantitative estimate of drug-likeness (QED) is 0.527. The number of hydrazone groups is 1. The highest BCUT2D eigenvalue weighted by molar-refractivity contribution is 8.26. The molecule has 0 bridgehead atoms. The van der Waals surface area contributed by atoms with Gasteiger partial charge in [0.15, 0.2) is 4.32 Å². The Kier molecular flexibility index (Phi) is 4.55. The molecule has 2 aromatic carbocycles. The first kappa shape index (κ1) is 15.5. The van der Waals surface area contributed by atoms with Gasteiger partial charge in [0.25, 0.3) is 5.91 Å². The number of amides is 1. The fourth-order valence-electron chi connectivity index (χ4n) is 1.94. The van der Waals surface area contributed by atoms with E-state index in [1.54, 1.807) is 30.3 Å². The minimum Gasteiger partial charge on any atom is -0.508 e. The van der Waals surface area contributed by atoms with Crippen LogP contribution in [0.4, 0.5) is 0 Å². The van der Waals surface area contributed by atoms with E-state index in [-0.39, 0.29) is 11.7 Å². The highest BCUT2D eigenvalue weighted by atomic mass is 32.2. The largest absolute Gasteiger partial charge is 0.508 e. The summed E-state index contributed by atoms with van der Waals surface area (Å²) in [4.78, 5) is 12.9. The van der Waals surface area contributed by atoms with Crippen molar-refractivity contribution in [1.29, 1.82) is 0 Å². The van der Waals surface area contributed by atoms with Crippen molar-refractivity contribution in [2.45, 2.75) is 0 Å². The summed E-state index contributed by atoms with van der Waals surface area (Å²) >= 11 is 6.45. The van der Waals surface area contributed by atoms with Crippen molar-refractivity contribution in [2.75, 3.05) is 0 Å². The van der Waals surface area contributed by atoms with Crippen LogP contribution in [0.25, 0.3) is 6.08 Å². The molecule has 1 saturated heterocycles. The normalized spacial score (nSPS) is 16.7. The third kappa shape index (κ3) is 3.67. The number of phenols is 1. The molecule has 0 aromatic heterocycles. The lowest BCUT2D eigenvalue weighted by Gasteiger charge is -2.06. The second-order valence-corrected chi connectivity index (χ2v) is 6.42. The summed E-state index contributed by atoms with van der Waals surface area (Å²) in [7, 11) is 0. The van der Waals surface area contributed by atoms with E-state index in [4.69, 9.17) is 12.2 Å². The maximum atomic E-state index is 12.4. The number of carbonyl (C=O) groups excluding carboxylic acids is 1. The third-order valence-electron chi connectivity index (χ3n) is 3.09. The van der Waals surface area contributed by atoms with Gasteiger partial charge in [0.1, 0.15) is 5.75 Å². The Hall–Kier alpha value is -2.44. The first-order valence-electron chi connectivity index (χ1n) is 6.79. The van der Waals surface area contributed by atoms with Gasteiger partial charge in [0.2, 0.25) is 0 Å². The lowest BCUT2D eigenvalue weighted by atomic mass is 10.2. The van der Waals surface area contributed by atoms with Gasteiger partial charge >= 0.3 is 0 Å². The van der Waals surface area contributed by atoms with E-state index in [1.165, 1.54) is 23.0 Å². The van der Waals surface area contributed by atoms with Crippen molar-refractivity contribution in [3.8, 4) is 5.75 Å². The Balaban J connectivity index is 1.79. The Labute approximate surface area is 143 Å². The molecule has 23 heavy (non-hydrogen) atoms. The summed E-state index contributed by atoms with van der Waals surface area (Å²) < 4.78 is 0.396. The van der Waals surface area contributed by atoms with Gasteiger partial charge in [0.05, 0.1) is 11.1 Å². The van der Waals surface area contributed by atoms with Crippen LogP contribution in [-0.2, 0) is 4.79 Å². The third-order valence-corrected chi connectivity index (χ3v) is 4.37. The van der Waals surface area contributed by atoms with Gasteiger partial charge in [-0.25, -0.2) is 0 Å². The topological polar surface area (TPSA) is 52.9 Å². The monoisotopic (exact) mass is 340 g/mol. The fraction of sp³-hybridized carbons (Fsp3) is 0. The number of phenolic OH excluding ortho intramolecular Hbond substituents is 1. The Morgan fingerprint density at radius 1 is 1.04 bits per heavy atom. The van der Waals surface area contributed by atoms with Crippen LogP contribution in [0.3, 0.4) is 0 Å². The number of thioether (sulfide) groups is 1. The second kappa shape index (κ2) is 6.76. The van der Waals surface area contributed by atoms with Gasteiger partial charge in [-0.05, 0) is 53.7 Å². The molecule has 0 unspecified atom stereocenters. The lowest BCUT2D eigenvalue weighted by Crippen LogP contribution is -2.22. The molecule has 4 nitrogen and oxygen atoms in total. The summed E-state index contributed by atoms with van der Waals surface area (Å²) in [5.41, 5.74) is 1.71. The van der Waals surface area contributed by atoms with Crippen LogP contribution in [0.15, 0.2) is 64.6 Å². The smallest absolute Gasteiger partial charge is 0.286 e. The Bertz CT molecular complexity index is 799. The number of nitrogens with zero attached hydrogens (tertiary/aromatic N) is 2. The molecule has 3 rings (SSSR count). The maximum Gasteiger partial charge on any atom is 0.286 e. The van der Waals surface area contributed by atoms with Crippen LogP contribution in [0.2, 0.25) is 0 Å². The van der Waals surface area contributed by atoms with Crippen LogP contribution in [-0.4, -0.2) is 26.6 Å². The van der Waals surface area contributed by atoms with Crippen molar-refractivity contribution in [1.82, 2.24) is 5.01 Å². The average molecular weight is 340 g/mol. The average Bonchev–Trinajstić information content (AvgIpc) is 2.82. The van der Waals surface area contributed by atoms with E-state index < -0.39 is 0 Å². The molecule has 0 spiro atoms. The zero-order valence-corrected chi connectivity index (χ0v) is 13.6. The molecule has 1 N–H and O–H groups in total. The molecule has 0 aliphatic carbocycles. The molecule has 1 amide bonds. The molecular formula is C17H12N2O2S2. The molecule has 0 radical (unpaired) electrons. The molecule has 1 aliphatic rings. The number of hydrogen-bond donors (Lipinski definition) is 1. The number of hydrogen-bond acceptors (Lipinski definition) is 5. The van der Waals surface area contributed by atoms with Crippen LogP contribution >= 0.6 is 24.0 Å². The SMILES string of the molecule is O=C1/C(=C\c2ccccc2)SC(=S)N1/N=C/c1ccc(O)cc1. The van der Waals surface area contributed by atoms with Gasteiger partial charge in [-0.15, -0.1) is 0 Å². The zero-order valence-electron chi connectivity index (χ0n) is 11.9. The van der Waals surface area contributed by atoms with E-state index in [1.807, 2.05) is 30.3 Å². The van der Waals surface area contributed by atoms with E-state index in [0.717, 1.165) is 11.1 Å². The number of thiocarbonyl (C=S) groups is 1. The standard InChI is InChI=1S/C17H12N2O2S2/c20-14-8-6-13(7-9-14)11-18-19-16(21)15(23-17(19)22)10-12-4-2-1-3-5-12/h1-11,20H/b15-10+,18-11+. The van der Waals surface area contributed by atoms with Gasteiger partial charge in [-0.3, -0.25) is 4.79 Å². The maximum absolute atomic E-state index is 12.4. The zero-order chi connectivity index (χ0) is 16.2. The van der Waals surface area contributed by atoms with Crippen molar-refractivity contribution in [3.05, 3.63) is 70.6 Å². The van der Waals surface area contributed by atoms with Crippen LogP contribution in [0.5, 0.6) is 5.75 Å². The first-order chi connectivity index (χ1) is 11.1. The highest BCUT2D eigenvalue weighted by Gasteiger charge is 2.31. The molecule has 2 aromatic rings. The van der Waals surface area contributed by atoms with Crippen molar-refractivity contribution in [3.63, 3.8) is 0 Å². The predicted octanol–water partition coefficient (Wildman–Crippen LogP) is 3.63. The van der Waals surface area contributed by atoms with E-state index in [9.17, 15) is 9.90 Å². The molecule has 6 heteroatoms. The van der Waals surface area contributed by atoms with Gasteiger partial charge < -0.3 is 5.11 Å². The number of rotatable bonds is 3. The summed E-state index contributed by atoms with van der Waals surface area (Å²) in [6, 6.07) is 16.1. The van der Waals surface area contributed by atoms with Crippen molar-refractivity contribution in [2.24, 2.45) is 5.10 Å². The summed E-state index contributed by atoms with van der Waals surface area (Å²) in [6.45, 7) is 0. The van der Waals surface area contributed by atoms with Crippen LogP contribution < -0.4 is 0 Å². The van der Waals surface area contributed by atoms with E-state index >= 15 is 0 Å². The predicted molar refractivity (Wildman–Crippen MR) is 97.2 cm³/mol. The first-order valence-corrected chi connectivity index (χ1v) is 8.02. The van der Waals surface area contributed by atoms with Crippen LogP contribution in [0.1, 0.15) is 11.1 Å². The molecule has 1 aliphatic heterocycles. The fourth-order valence-corrected chi connectivity index (χ4v) is 3.12. The molecule has 1 fully saturated rings. The number of benzene rings is 2. The number of aromatic hydroxyl groups is 1. The van der Waals surface area contributed by atoms with Gasteiger partial charge in [0, 0.05) is 0 Å². The molecular weight excluding hydrogens is 328 g/mol. The van der Waals surface area contributed by atoms with Gasteiger partial charge in [-0.1, -0.05) is 42.1 Å². The van der Waals surface area contributed by atoms with Crippen molar-refractivity contribution < 1.29 is 9.90 Å². The minimum absolute atomic E-state index is 0.179. The summed E-state index contributed by atoms with van der Waals surface area (Å²) in [5.74, 6) is -0.0579. The summed E-state index contributed by atoms with van der Waals surface area (Å²) in [5, 5.41) is 14.6. The summed E-state index contributed by atoms with van der Waals surface area (Å²) in [6.07, 6.45) is 3.34. The second-order valence-electron chi connectivity index (χ2n) is 4.74. The molecule has 0 saturated carbocycles. The highest BCUT2D eigenvalue weighted by Crippen LogP contribution is 2.32. The van der Waals surface area contributed by atoms with Crippen molar-refractivity contribution >= 4 is 46.5 Å². The van der Waals surface area contributed by atoms with Gasteiger partial charge in [-0.2, -0.15) is 10.1 Å². The minimum atomic E-state index is -0.237. The molecule has 0 atom stereocenters. The molecule has 1 heterocycles. The number of carbonyl (C=O) groups is 1. The van der Waals surface area contributed by atoms with E-state index in [0.29, 0.717) is 9.23 Å².